The van der Waals surface area contributed by atoms with Gasteiger partial charge >= 0.3 is 5.97 Å². The number of hydrogen-bond donors (Lipinski definition) is 0. The number of carbonyl (C=O) groups is 1. The van der Waals surface area contributed by atoms with E-state index in [0.717, 1.165) is 13.0 Å². The van der Waals surface area contributed by atoms with Crippen molar-refractivity contribution in [2.45, 2.75) is 64.7 Å². The van der Waals surface area contributed by atoms with E-state index in [9.17, 15) is 4.79 Å². The summed E-state index contributed by atoms with van der Waals surface area (Å²) in [4.78, 5) is 10.9. The van der Waals surface area contributed by atoms with Crippen LogP contribution in [-0.4, -0.2) is 185 Å². The Kier molecular flexibility index (Phi) is 48.0. The van der Waals surface area contributed by atoms with E-state index in [1.165, 1.54) is 52.1 Å². The largest absolute Gasteiger partial charge is 0.469 e. The first-order valence-corrected chi connectivity index (χ1v) is 19.9. The van der Waals surface area contributed by atoms with Crippen LogP contribution >= 0.6 is 0 Å². The van der Waals surface area contributed by atoms with Gasteiger partial charge in [-0.1, -0.05) is 51.9 Å². The lowest BCUT2D eigenvalue weighted by Gasteiger charge is -2.09. The van der Waals surface area contributed by atoms with E-state index < -0.39 is 0 Å². The highest BCUT2D eigenvalue weighted by Crippen LogP contribution is 2.08. The van der Waals surface area contributed by atoms with Gasteiger partial charge in [0, 0.05) is 6.61 Å². The molecule has 0 saturated carbocycles. The summed E-state index contributed by atoms with van der Waals surface area (Å²) in [5, 5.41) is 0. The third kappa shape index (κ3) is 48.9. The monoisotopic (exact) mass is 773 g/mol. The molecule has 0 heterocycles. The first kappa shape index (κ1) is 52.0. The number of rotatable bonds is 48. The van der Waals surface area contributed by atoms with Crippen molar-refractivity contribution in [3.8, 4) is 0 Å². The van der Waals surface area contributed by atoms with Gasteiger partial charge in [-0.25, -0.2) is 0 Å². The summed E-state index contributed by atoms with van der Waals surface area (Å²) in [6.45, 7) is 15.7. The molecule has 53 heavy (non-hydrogen) atoms. The second-order valence-electron chi connectivity index (χ2n) is 11.8. The lowest BCUT2D eigenvalue weighted by atomic mass is 10.1. The molecule has 0 saturated heterocycles. The number of esters is 1. The summed E-state index contributed by atoms with van der Waals surface area (Å²) >= 11 is 0. The number of hydrogen-bond acceptors (Lipinski definition) is 15. The third-order valence-electron chi connectivity index (χ3n) is 7.28. The van der Waals surface area contributed by atoms with Gasteiger partial charge in [-0.05, 0) is 6.42 Å². The maximum Gasteiger partial charge on any atom is 0.307 e. The summed E-state index contributed by atoms with van der Waals surface area (Å²) in [5.74, 6) is -0.285. The number of methoxy groups -OCH3 is 1. The van der Waals surface area contributed by atoms with Crippen molar-refractivity contribution in [2.24, 2.45) is 0 Å². The second kappa shape index (κ2) is 49.0. The van der Waals surface area contributed by atoms with Crippen LogP contribution in [0.15, 0.2) is 0 Å². The van der Waals surface area contributed by atoms with E-state index >= 15 is 0 Å². The average Bonchev–Trinajstić information content (AvgIpc) is 3.17. The Morgan fingerprint density at radius 1 is 0.283 bits per heavy atom. The molecule has 15 heteroatoms. The molecule has 0 atom stereocenters. The Morgan fingerprint density at radius 3 is 0.736 bits per heavy atom. The molecule has 0 rings (SSSR count). The van der Waals surface area contributed by atoms with E-state index in [1.54, 1.807) is 0 Å². The molecular formula is C38H76O15. The Morgan fingerprint density at radius 2 is 0.491 bits per heavy atom. The SMILES string of the molecule is CCCCCCCCCCOCCOCCOCCOCCOCCOCCOCCOCCOCCOCCOCCOCCOCCC(=O)OC. The van der Waals surface area contributed by atoms with Gasteiger partial charge in [-0.15, -0.1) is 0 Å². The molecule has 0 N–H and O–H groups in total. The minimum Gasteiger partial charge on any atom is -0.469 e. The summed E-state index contributed by atoms with van der Waals surface area (Å²) in [5.41, 5.74) is 0. The molecule has 0 aliphatic carbocycles. The van der Waals surface area contributed by atoms with Gasteiger partial charge in [-0.3, -0.25) is 4.79 Å². The molecule has 0 bridgehead atoms. The highest BCUT2D eigenvalue weighted by molar-refractivity contribution is 5.69. The van der Waals surface area contributed by atoms with Crippen molar-refractivity contribution < 1.29 is 71.1 Å². The summed E-state index contributed by atoms with van der Waals surface area (Å²) in [7, 11) is 1.35. The quantitative estimate of drug-likeness (QED) is 0.0650. The zero-order chi connectivity index (χ0) is 38.2. The van der Waals surface area contributed by atoms with Crippen LogP contribution in [0.1, 0.15) is 64.7 Å². The van der Waals surface area contributed by atoms with Gasteiger partial charge in [0.05, 0.1) is 179 Å². The highest BCUT2D eigenvalue weighted by atomic mass is 16.6. The van der Waals surface area contributed by atoms with Crippen molar-refractivity contribution >= 4 is 5.97 Å². The van der Waals surface area contributed by atoms with Crippen molar-refractivity contribution in [3.05, 3.63) is 0 Å². The maximum absolute atomic E-state index is 10.9. The number of ether oxygens (including phenoxy) is 14. The topological polar surface area (TPSA) is 146 Å². The molecule has 0 aromatic heterocycles. The lowest BCUT2D eigenvalue weighted by Crippen LogP contribution is -2.15. The van der Waals surface area contributed by atoms with E-state index in [4.69, 9.17) is 61.6 Å². The van der Waals surface area contributed by atoms with Crippen LogP contribution in [0.2, 0.25) is 0 Å². The Hall–Kier alpha value is -1.05. The number of carbonyl (C=O) groups excluding carboxylic acids is 1. The minimum atomic E-state index is -0.285. The van der Waals surface area contributed by atoms with Crippen LogP contribution in [0.3, 0.4) is 0 Å². The van der Waals surface area contributed by atoms with Gasteiger partial charge in [-0.2, -0.15) is 0 Å². The molecule has 318 valence electrons. The van der Waals surface area contributed by atoms with E-state index in [1.807, 2.05) is 0 Å². The minimum absolute atomic E-state index is 0.244. The van der Waals surface area contributed by atoms with Crippen LogP contribution < -0.4 is 0 Å². The fourth-order valence-electron chi connectivity index (χ4n) is 4.34. The molecule has 0 fully saturated rings. The standard InChI is InChI=1S/C38H76O15/c1-3-4-5-6-7-8-9-10-12-41-14-16-43-18-20-45-22-24-47-26-28-49-30-32-51-34-36-53-37-35-52-33-31-50-29-27-48-25-23-46-21-19-44-17-15-42-13-11-38(39)40-2/h3-37H2,1-2H3. The molecule has 0 aromatic rings. The highest BCUT2D eigenvalue weighted by Gasteiger charge is 2.00. The summed E-state index contributed by atoms with van der Waals surface area (Å²) in [6.07, 6.45) is 10.7. The normalized spacial score (nSPS) is 11.5. The van der Waals surface area contributed by atoms with Crippen LogP contribution in [0, 0.1) is 0 Å². The molecular weight excluding hydrogens is 696 g/mol. The Bertz CT molecular complexity index is 678. The second-order valence-corrected chi connectivity index (χ2v) is 11.8. The first-order chi connectivity index (χ1) is 26.3. The predicted molar refractivity (Wildman–Crippen MR) is 200 cm³/mol. The molecule has 0 aromatic carbocycles. The fourth-order valence-corrected chi connectivity index (χ4v) is 4.34. The molecule has 0 aliphatic heterocycles. The van der Waals surface area contributed by atoms with E-state index in [-0.39, 0.29) is 12.4 Å². The van der Waals surface area contributed by atoms with E-state index in [2.05, 4.69) is 11.7 Å². The molecule has 15 nitrogen and oxygen atoms in total. The van der Waals surface area contributed by atoms with Gasteiger partial charge in [0.15, 0.2) is 0 Å². The Labute approximate surface area is 320 Å². The smallest absolute Gasteiger partial charge is 0.307 e. The van der Waals surface area contributed by atoms with Crippen molar-refractivity contribution in [1.82, 2.24) is 0 Å². The Balaban J connectivity index is 3.06. The third-order valence-corrected chi connectivity index (χ3v) is 7.28. The zero-order valence-electron chi connectivity index (χ0n) is 33.4. The van der Waals surface area contributed by atoms with Gasteiger partial charge in [0.25, 0.3) is 0 Å². The van der Waals surface area contributed by atoms with Gasteiger partial charge in [0.2, 0.25) is 0 Å². The van der Waals surface area contributed by atoms with Crippen molar-refractivity contribution in [3.63, 3.8) is 0 Å². The fraction of sp³-hybridized carbons (Fsp3) is 0.974. The predicted octanol–water partition coefficient (Wildman–Crippen LogP) is 3.91. The van der Waals surface area contributed by atoms with Crippen LogP contribution in [0.5, 0.6) is 0 Å². The lowest BCUT2D eigenvalue weighted by molar-refractivity contribution is -0.141. The maximum atomic E-state index is 10.9. The summed E-state index contributed by atoms with van der Waals surface area (Å²) in [6, 6.07) is 0. The van der Waals surface area contributed by atoms with Crippen LogP contribution in [-0.2, 0) is 71.1 Å². The zero-order valence-corrected chi connectivity index (χ0v) is 33.4. The van der Waals surface area contributed by atoms with Gasteiger partial charge in [0.1, 0.15) is 0 Å². The average molecular weight is 773 g/mol. The van der Waals surface area contributed by atoms with Crippen molar-refractivity contribution in [1.29, 1.82) is 0 Å². The number of unbranched alkanes of at least 4 members (excludes halogenated alkanes) is 7. The van der Waals surface area contributed by atoms with Crippen LogP contribution in [0.25, 0.3) is 0 Å². The van der Waals surface area contributed by atoms with Gasteiger partial charge < -0.3 is 66.3 Å². The molecule has 0 radical (unpaired) electrons. The first-order valence-electron chi connectivity index (χ1n) is 19.9. The van der Waals surface area contributed by atoms with Crippen LogP contribution in [0.4, 0.5) is 0 Å². The molecule has 0 aliphatic rings. The molecule has 0 unspecified atom stereocenters. The van der Waals surface area contributed by atoms with Crippen molar-refractivity contribution in [2.75, 3.05) is 179 Å². The molecule has 0 spiro atoms. The molecule has 0 amide bonds. The van der Waals surface area contributed by atoms with E-state index in [0.29, 0.717) is 165 Å². The summed E-state index contributed by atoms with van der Waals surface area (Å²) < 4.78 is 75.7.